The molecular formula is C26H29N4S+. The maximum absolute atomic E-state index is 4.79. The van der Waals surface area contributed by atoms with E-state index in [1.165, 1.54) is 34.4 Å². The van der Waals surface area contributed by atoms with Gasteiger partial charge < -0.3 is 5.32 Å². The molecule has 0 amide bonds. The molecule has 5 rings (SSSR count). The molecule has 1 saturated heterocycles. The lowest BCUT2D eigenvalue weighted by molar-refractivity contribution is 0.335. The largest absolute Gasteiger partial charge is 0.317 e. The Hall–Kier alpha value is -2.63. The molecule has 0 radical (unpaired) electrons. The molecule has 158 valence electrons. The number of aromatic nitrogens is 3. The van der Waals surface area contributed by atoms with E-state index in [0.717, 1.165) is 29.9 Å². The van der Waals surface area contributed by atoms with Crippen molar-refractivity contribution in [2.45, 2.75) is 30.1 Å². The quantitative estimate of drug-likeness (QED) is 0.467. The zero-order valence-electron chi connectivity index (χ0n) is 18.4. The molecule has 1 fully saturated rings. The second-order valence-electron chi connectivity index (χ2n) is 8.90. The molecule has 2 aromatic heterocycles. The minimum atomic E-state index is 0.229. The second kappa shape index (κ2) is 8.13. The van der Waals surface area contributed by atoms with Gasteiger partial charge in [-0.05, 0) is 54.1 Å². The van der Waals surface area contributed by atoms with Crippen molar-refractivity contribution in [3.05, 3.63) is 72.7 Å². The predicted molar refractivity (Wildman–Crippen MR) is 131 cm³/mol. The molecular weight excluding hydrogens is 400 g/mol. The van der Waals surface area contributed by atoms with E-state index in [2.05, 4.69) is 84.6 Å². The predicted octanol–water partition coefficient (Wildman–Crippen LogP) is 4.94. The van der Waals surface area contributed by atoms with Crippen LogP contribution in [0.15, 0.2) is 72.0 Å². The topological polar surface area (TPSA) is 42.2 Å². The molecule has 4 aromatic rings. The minimum absolute atomic E-state index is 0.229. The number of hydrogen-bond acceptors (Lipinski definition) is 3. The van der Waals surface area contributed by atoms with Gasteiger partial charge in [0.05, 0.1) is 6.20 Å². The Labute approximate surface area is 187 Å². The molecule has 1 aliphatic rings. The van der Waals surface area contributed by atoms with E-state index in [1.807, 2.05) is 16.9 Å². The summed E-state index contributed by atoms with van der Waals surface area (Å²) in [4.78, 5) is 6.15. The molecule has 0 unspecified atom stereocenters. The molecule has 3 heterocycles. The van der Waals surface area contributed by atoms with Crippen LogP contribution in [0.5, 0.6) is 0 Å². The van der Waals surface area contributed by atoms with Gasteiger partial charge in [0.25, 0.3) is 0 Å². The van der Waals surface area contributed by atoms with E-state index in [9.17, 15) is 0 Å². The van der Waals surface area contributed by atoms with Gasteiger partial charge in [-0.3, -0.25) is 0 Å². The van der Waals surface area contributed by atoms with Crippen LogP contribution in [-0.4, -0.2) is 40.2 Å². The van der Waals surface area contributed by atoms with E-state index < -0.39 is 0 Å². The molecule has 0 spiro atoms. The van der Waals surface area contributed by atoms with Crippen LogP contribution in [0.4, 0.5) is 0 Å². The molecule has 0 aliphatic carbocycles. The Balaban J connectivity index is 1.45. The van der Waals surface area contributed by atoms with Crippen LogP contribution >= 0.6 is 0 Å². The van der Waals surface area contributed by atoms with Crippen LogP contribution in [0.1, 0.15) is 25.3 Å². The third-order valence-corrected chi connectivity index (χ3v) is 7.79. The van der Waals surface area contributed by atoms with Crippen molar-refractivity contribution in [1.82, 2.24) is 19.9 Å². The van der Waals surface area contributed by atoms with E-state index in [4.69, 9.17) is 4.98 Å². The highest BCUT2D eigenvalue weighted by Gasteiger charge is 2.28. The summed E-state index contributed by atoms with van der Waals surface area (Å²) in [7, 11) is 0.229. The van der Waals surface area contributed by atoms with Crippen LogP contribution in [0.2, 0.25) is 0 Å². The summed E-state index contributed by atoms with van der Waals surface area (Å²) in [6.45, 7) is 4.58. The first-order valence-corrected chi connectivity index (χ1v) is 12.9. The first-order valence-electron chi connectivity index (χ1n) is 10.9. The lowest BCUT2D eigenvalue weighted by atomic mass is 9.75. The standard InChI is InChI=1S/C26H29N4S/c1-26(11-13-27-14-12-26)22-9-7-19(8-10-22)21-16-28-25-24(17-29-30(25)18-21)20-5-4-6-23(15-20)31(2)3/h4-10,15-18,27H,11-14H2,1-3H3/q+1. The third-order valence-electron chi connectivity index (χ3n) is 6.60. The maximum Gasteiger partial charge on any atom is 0.162 e. The first kappa shape index (κ1) is 20.3. The molecule has 31 heavy (non-hydrogen) atoms. The molecule has 0 saturated carbocycles. The van der Waals surface area contributed by atoms with Gasteiger partial charge in [-0.1, -0.05) is 43.3 Å². The average Bonchev–Trinajstić information content (AvgIpc) is 3.23. The van der Waals surface area contributed by atoms with Gasteiger partial charge in [0, 0.05) is 40.5 Å². The molecule has 5 heteroatoms. The average molecular weight is 430 g/mol. The van der Waals surface area contributed by atoms with E-state index in [1.54, 1.807) is 0 Å². The maximum atomic E-state index is 4.79. The van der Waals surface area contributed by atoms with Crippen LogP contribution in [0, 0.1) is 0 Å². The number of piperidine rings is 1. The van der Waals surface area contributed by atoms with Crippen molar-refractivity contribution in [1.29, 1.82) is 0 Å². The Morgan fingerprint density at radius 1 is 0.935 bits per heavy atom. The number of benzene rings is 2. The third kappa shape index (κ3) is 3.88. The summed E-state index contributed by atoms with van der Waals surface area (Å²) >= 11 is 0. The summed E-state index contributed by atoms with van der Waals surface area (Å²) in [6, 6.07) is 17.7. The molecule has 4 nitrogen and oxygen atoms in total. The fourth-order valence-electron chi connectivity index (χ4n) is 4.48. The Bertz CT molecular complexity index is 1200. The minimum Gasteiger partial charge on any atom is -0.317 e. The van der Waals surface area contributed by atoms with Gasteiger partial charge in [-0.25, -0.2) is 9.50 Å². The van der Waals surface area contributed by atoms with Crippen molar-refractivity contribution < 1.29 is 0 Å². The number of fused-ring (bicyclic) bond motifs is 1. The summed E-state index contributed by atoms with van der Waals surface area (Å²) in [5, 5.41) is 8.08. The first-order chi connectivity index (χ1) is 15.0. The number of nitrogens with zero attached hydrogens (tertiary/aromatic N) is 3. The summed E-state index contributed by atoms with van der Waals surface area (Å²) in [5.41, 5.74) is 7.11. The van der Waals surface area contributed by atoms with Gasteiger partial charge in [0.1, 0.15) is 12.5 Å². The van der Waals surface area contributed by atoms with Crippen molar-refractivity contribution >= 4 is 16.5 Å². The van der Waals surface area contributed by atoms with Gasteiger partial charge in [0.2, 0.25) is 0 Å². The van der Waals surface area contributed by atoms with Crippen LogP contribution in [0.3, 0.4) is 0 Å². The molecule has 1 aliphatic heterocycles. The summed E-state index contributed by atoms with van der Waals surface area (Å²) in [6.07, 6.45) is 12.8. The van der Waals surface area contributed by atoms with Gasteiger partial charge in [-0.15, -0.1) is 0 Å². The Kier molecular flexibility index (Phi) is 5.32. The summed E-state index contributed by atoms with van der Waals surface area (Å²) in [5.74, 6) is 0. The van der Waals surface area contributed by atoms with Crippen molar-refractivity contribution in [2.75, 3.05) is 25.6 Å². The zero-order chi connectivity index (χ0) is 21.4. The lowest BCUT2D eigenvalue weighted by Gasteiger charge is -2.34. The molecule has 2 aromatic carbocycles. The highest BCUT2D eigenvalue weighted by Crippen LogP contribution is 2.34. The van der Waals surface area contributed by atoms with Crippen LogP contribution < -0.4 is 5.32 Å². The summed E-state index contributed by atoms with van der Waals surface area (Å²) < 4.78 is 1.90. The van der Waals surface area contributed by atoms with Crippen LogP contribution in [-0.2, 0) is 16.3 Å². The van der Waals surface area contributed by atoms with Gasteiger partial charge in [0.15, 0.2) is 10.5 Å². The molecule has 1 N–H and O–H groups in total. The monoisotopic (exact) mass is 429 g/mol. The van der Waals surface area contributed by atoms with Crippen molar-refractivity contribution in [3.63, 3.8) is 0 Å². The van der Waals surface area contributed by atoms with Crippen molar-refractivity contribution in [3.8, 4) is 22.3 Å². The number of nitrogens with one attached hydrogen (secondary N) is 1. The zero-order valence-corrected chi connectivity index (χ0v) is 19.2. The highest BCUT2D eigenvalue weighted by atomic mass is 32.2. The molecule has 0 bridgehead atoms. The van der Waals surface area contributed by atoms with Gasteiger partial charge in [-0.2, -0.15) is 5.10 Å². The smallest absolute Gasteiger partial charge is 0.162 e. The fraction of sp³-hybridized carbons (Fsp3) is 0.308. The van der Waals surface area contributed by atoms with Crippen molar-refractivity contribution in [2.24, 2.45) is 0 Å². The highest BCUT2D eigenvalue weighted by molar-refractivity contribution is 7.95. The van der Waals surface area contributed by atoms with E-state index >= 15 is 0 Å². The second-order valence-corrected chi connectivity index (χ2v) is 11.0. The van der Waals surface area contributed by atoms with Gasteiger partial charge >= 0.3 is 0 Å². The normalized spacial score (nSPS) is 16.1. The Morgan fingerprint density at radius 3 is 2.45 bits per heavy atom. The van der Waals surface area contributed by atoms with Crippen LogP contribution in [0.25, 0.3) is 27.9 Å². The molecule has 0 atom stereocenters. The Morgan fingerprint density at radius 2 is 1.71 bits per heavy atom. The fourth-order valence-corrected chi connectivity index (χ4v) is 5.19. The number of rotatable bonds is 4. The van der Waals surface area contributed by atoms with E-state index in [-0.39, 0.29) is 16.3 Å². The van der Waals surface area contributed by atoms with E-state index in [0.29, 0.717) is 0 Å². The number of hydrogen-bond donors (Lipinski definition) is 1. The lowest BCUT2D eigenvalue weighted by Crippen LogP contribution is -2.37. The SMILES string of the molecule is C[S+](C)c1cccc(-c2cnn3cc(-c4ccc(C5(C)CCNCC5)cc4)cnc23)c1.